The third-order valence-electron chi connectivity index (χ3n) is 1.44. The summed E-state index contributed by atoms with van der Waals surface area (Å²) in [6.07, 6.45) is 3.12. The minimum Gasteiger partial charge on any atom is -0.287 e. The molecule has 1 rings (SSSR count). The third-order valence-corrected chi connectivity index (χ3v) is 1.44. The molecule has 0 aromatic carbocycles. The van der Waals surface area contributed by atoms with Crippen LogP contribution in [-0.4, -0.2) is 0 Å². The van der Waals surface area contributed by atoms with Gasteiger partial charge in [0.05, 0.1) is 12.7 Å². The van der Waals surface area contributed by atoms with Gasteiger partial charge in [0.1, 0.15) is 0 Å². The first kappa shape index (κ1) is 7.06. The maximum absolute atomic E-state index is 5.67. The lowest BCUT2D eigenvalue weighted by Gasteiger charge is -1.98. The van der Waals surface area contributed by atoms with Crippen molar-refractivity contribution in [2.45, 2.75) is 19.9 Å². The highest BCUT2D eigenvalue weighted by molar-refractivity contribution is 5.18. The van der Waals surface area contributed by atoms with Crippen LogP contribution in [0.1, 0.15) is 13.3 Å². The van der Waals surface area contributed by atoms with Crippen molar-refractivity contribution in [2.75, 3.05) is 5.73 Å². The number of nitrogen functional groups attached to an aromatic ring is 1. The van der Waals surface area contributed by atoms with E-state index in [1.807, 2.05) is 29.0 Å². The monoisotopic (exact) mass is 137 g/mol. The highest BCUT2D eigenvalue weighted by Crippen LogP contribution is 1.90. The van der Waals surface area contributed by atoms with E-state index < -0.39 is 0 Å². The Labute approximate surface area is 61.3 Å². The molecule has 0 saturated heterocycles. The number of aryl methyl sites for hydroxylation is 1. The van der Waals surface area contributed by atoms with E-state index in [9.17, 15) is 0 Å². The second kappa shape index (κ2) is 3.20. The lowest BCUT2D eigenvalue weighted by Crippen LogP contribution is -2.36. The maximum Gasteiger partial charge on any atom is 0.272 e. The molecule has 1 heterocycles. The number of nitrogens with zero attached hydrogens (tertiary/aromatic N) is 1. The van der Waals surface area contributed by atoms with Gasteiger partial charge >= 0.3 is 0 Å². The first-order valence-corrected chi connectivity index (χ1v) is 3.58. The van der Waals surface area contributed by atoms with Crippen LogP contribution in [0, 0.1) is 0 Å². The average molecular weight is 137 g/mol. The van der Waals surface area contributed by atoms with Gasteiger partial charge in [-0.1, -0.05) is 13.0 Å². The maximum atomic E-state index is 5.67. The van der Waals surface area contributed by atoms with Crippen LogP contribution in [0.5, 0.6) is 0 Å². The number of aromatic nitrogens is 1. The number of hydrogen-bond acceptors (Lipinski definition) is 1. The van der Waals surface area contributed by atoms with Crippen LogP contribution in [0.15, 0.2) is 24.4 Å². The van der Waals surface area contributed by atoms with Crippen molar-refractivity contribution in [1.29, 1.82) is 0 Å². The minimum absolute atomic E-state index is 0.837. The largest absolute Gasteiger partial charge is 0.287 e. The van der Waals surface area contributed by atoms with Gasteiger partial charge in [-0.05, 0) is 12.5 Å². The molecule has 0 aliphatic carbocycles. The number of nitrogens with two attached hydrogens (primary N) is 1. The van der Waals surface area contributed by atoms with Gasteiger partial charge in [0.2, 0.25) is 0 Å². The van der Waals surface area contributed by atoms with Crippen molar-refractivity contribution >= 4 is 5.82 Å². The zero-order chi connectivity index (χ0) is 7.40. The molecule has 2 heteroatoms. The fourth-order valence-electron chi connectivity index (χ4n) is 0.934. The van der Waals surface area contributed by atoms with Crippen LogP contribution >= 0.6 is 0 Å². The predicted octanol–water partition coefficient (Wildman–Crippen LogP) is 0.966. The molecule has 0 fully saturated rings. The Kier molecular flexibility index (Phi) is 2.26. The van der Waals surface area contributed by atoms with Gasteiger partial charge in [-0.2, -0.15) is 0 Å². The van der Waals surface area contributed by atoms with E-state index in [0.29, 0.717) is 0 Å². The van der Waals surface area contributed by atoms with Crippen LogP contribution in [0.2, 0.25) is 0 Å². The lowest BCUT2D eigenvalue weighted by atomic mass is 10.4. The summed E-state index contributed by atoms with van der Waals surface area (Å²) in [5.41, 5.74) is 5.67. The topological polar surface area (TPSA) is 29.9 Å². The molecule has 0 amide bonds. The molecule has 0 aliphatic rings. The molecular formula is C8H13N2+. The van der Waals surface area contributed by atoms with E-state index in [1.165, 1.54) is 0 Å². The van der Waals surface area contributed by atoms with Crippen molar-refractivity contribution in [3.8, 4) is 0 Å². The van der Waals surface area contributed by atoms with Crippen LogP contribution in [-0.2, 0) is 6.54 Å². The standard InChI is InChI=1S/C8H12N2/c1-2-6-10-7-4-3-5-8(10)9/h3-5,7,9H,2,6H2,1H3/p+1. The van der Waals surface area contributed by atoms with Gasteiger partial charge in [-0.25, -0.2) is 4.57 Å². The fraction of sp³-hybridized carbons (Fsp3) is 0.375. The number of pyridine rings is 1. The number of anilines is 1. The van der Waals surface area contributed by atoms with Crippen LogP contribution < -0.4 is 10.3 Å². The quantitative estimate of drug-likeness (QED) is 0.605. The van der Waals surface area contributed by atoms with Crippen LogP contribution in [0.25, 0.3) is 0 Å². The number of hydrogen-bond donors (Lipinski definition) is 1. The second-order valence-electron chi connectivity index (χ2n) is 2.32. The first-order valence-electron chi connectivity index (χ1n) is 3.58. The highest BCUT2D eigenvalue weighted by atomic mass is 15.0. The molecular weight excluding hydrogens is 124 g/mol. The molecule has 0 spiro atoms. The average Bonchev–Trinajstić information content (AvgIpc) is 1.94. The van der Waals surface area contributed by atoms with Crippen LogP contribution in [0.3, 0.4) is 0 Å². The molecule has 0 unspecified atom stereocenters. The SMILES string of the molecule is CCC[n+]1ccccc1N. The summed E-state index contributed by atoms with van der Waals surface area (Å²) >= 11 is 0. The smallest absolute Gasteiger partial charge is 0.272 e. The molecule has 0 aliphatic heterocycles. The van der Waals surface area contributed by atoms with Crippen molar-refractivity contribution in [3.63, 3.8) is 0 Å². The van der Waals surface area contributed by atoms with Gasteiger partial charge in [0.25, 0.3) is 5.82 Å². The molecule has 0 saturated carbocycles. The molecule has 10 heavy (non-hydrogen) atoms. The van der Waals surface area contributed by atoms with E-state index in [-0.39, 0.29) is 0 Å². The summed E-state index contributed by atoms with van der Waals surface area (Å²) < 4.78 is 2.04. The van der Waals surface area contributed by atoms with Gasteiger partial charge in [-0.15, -0.1) is 0 Å². The molecule has 1 aromatic rings. The molecule has 1 aromatic heterocycles. The Morgan fingerprint density at radius 3 is 2.90 bits per heavy atom. The summed E-state index contributed by atoms with van der Waals surface area (Å²) in [7, 11) is 0. The van der Waals surface area contributed by atoms with Crippen molar-refractivity contribution in [3.05, 3.63) is 24.4 Å². The minimum atomic E-state index is 0.837. The van der Waals surface area contributed by atoms with Gasteiger partial charge in [0.15, 0.2) is 0 Å². The molecule has 0 atom stereocenters. The fourth-order valence-corrected chi connectivity index (χ4v) is 0.934. The summed E-state index contributed by atoms with van der Waals surface area (Å²) in [5, 5.41) is 0. The van der Waals surface area contributed by atoms with E-state index in [4.69, 9.17) is 5.73 Å². The molecule has 0 bridgehead atoms. The van der Waals surface area contributed by atoms with E-state index in [2.05, 4.69) is 6.92 Å². The Morgan fingerprint density at radius 1 is 1.50 bits per heavy atom. The van der Waals surface area contributed by atoms with Crippen molar-refractivity contribution < 1.29 is 4.57 Å². The molecule has 2 N–H and O–H groups in total. The van der Waals surface area contributed by atoms with Gasteiger partial charge < -0.3 is 0 Å². The molecule has 2 nitrogen and oxygen atoms in total. The summed E-state index contributed by atoms with van der Waals surface area (Å²) in [6.45, 7) is 3.14. The Bertz CT molecular complexity index is 208. The first-order chi connectivity index (χ1) is 4.84. The van der Waals surface area contributed by atoms with Gasteiger partial charge in [-0.3, -0.25) is 5.73 Å². The normalized spacial score (nSPS) is 9.70. The summed E-state index contributed by atoms with van der Waals surface area (Å²) in [4.78, 5) is 0. The molecule has 54 valence electrons. The van der Waals surface area contributed by atoms with Gasteiger partial charge in [0, 0.05) is 6.07 Å². The zero-order valence-electron chi connectivity index (χ0n) is 6.25. The Balaban J connectivity index is 2.81. The summed E-state index contributed by atoms with van der Waals surface area (Å²) in [6, 6.07) is 5.85. The Morgan fingerprint density at radius 2 is 2.30 bits per heavy atom. The third kappa shape index (κ3) is 1.47. The summed E-state index contributed by atoms with van der Waals surface area (Å²) in [5.74, 6) is 0.837. The highest BCUT2D eigenvalue weighted by Gasteiger charge is 1.97. The predicted molar refractivity (Wildman–Crippen MR) is 41.3 cm³/mol. The van der Waals surface area contributed by atoms with Crippen molar-refractivity contribution in [2.24, 2.45) is 0 Å². The van der Waals surface area contributed by atoms with Crippen molar-refractivity contribution in [1.82, 2.24) is 0 Å². The second-order valence-corrected chi connectivity index (χ2v) is 2.32. The number of rotatable bonds is 2. The van der Waals surface area contributed by atoms with E-state index in [1.54, 1.807) is 0 Å². The van der Waals surface area contributed by atoms with Crippen LogP contribution in [0.4, 0.5) is 5.82 Å². The Hall–Kier alpha value is -1.05. The zero-order valence-corrected chi connectivity index (χ0v) is 6.25. The van der Waals surface area contributed by atoms with E-state index in [0.717, 1.165) is 18.8 Å². The lowest BCUT2D eigenvalue weighted by molar-refractivity contribution is -0.682. The van der Waals surface area contributed by atoms with E-state index >= 15 is 0 Å². The molecule has 0 radical (unpaired) electrons.